The lowest BCUT2D eigenvalue weighted by molar-refractivity contribution is -0.139. The molecule has 0 saturated carbocycles. The van der Waals surface area contributed by atoms with Crippen molar-refractivity contribution in [3.05, 3.63) is 48.1 Å². The van der Waals surface area contributed by atoms with Gasteiger partial charge >= 0.3 is 24.1 Å². The number of carbonyl (C=O) groups excluding carboxylic acids is 4. The summed E-state index contributed by atoms with van der Waals surface area (Å²) in [4.78, 5) is 46.2. The predicted octanol–water partition coefficient (Wildman–Crippen LogP) is 3.43. The second-order valence-corrected chi connectivity index (χ2v) is 9.57. The van der Waals surface area contributed by atoms with E-state index in [1.54, 1.807) is 6.07 Å². The lowest BCUT2D eigenvalue weighted by atomic mass is 9.87. The topological polar surface area (TPSA) is 148 Å². The molecule has 0 fully saturated rings. The highest BCUT2D eigenvalue weighted by Gasteiger charge is 2.17. The smallest absolute Gasteiger partial charge is 0.407 e. The zero-order chi connectivity index (χ0) is 30.1. The molecule has 2 N–H and O–H groups in total. The molecule has 0 atom stereocenters. The highest BCUT2D eigenvalue weighted by atomic mass is 16.6. The zero-order valence-electron chi connectivity index (χ0n) is 23.9. The van der Waals surface area contributed by atoms with Crippen molar-refractivity contribution < 1.29 is 47.6 Å². The van der Waals surface area contributed by atoms with Gasteiger partial charge in [-0.2, -0.15) is 0 Å². The number of benzene rings is 1. The Kier molecular flexibility index (Phi) is 14.7. The number of rotatable bonds is 16. The van der Waals surface area contributed by atoms with Crippen LogP contribution < -0.4 is 20.1 Å². The molecule has 12 heteroatoms. The van der Waals surface area contributed by atoms with Crippen LogP contribution in [0.15, 0.2) is 42.5 Å². The maximum atomic E-state index is 11.8. The second-order valence-electron chi connectivity index (χ2n) is 9.57. The Morgan fingerprint density at radius 1 is 0.675 bits per heavy atom. The van der Waals surface area contributed by atoms with E-state index in [2.05, 4.69) is 44.6 Å². The summed E-state index contributed by atoms with van der Waals surface area (Å²) in [7, 11) is 0. The predicted molar refractivity (Wildman–Crippen MR) is 146 cm³/mol. The van der Waals surface area contributed by atoms with E-state index in [1.807, 2.05) is 12.1 Å². The number of alkyl carbamates (subject to hydrolysis) is 2. The molecule has 222 valence electrons. The second kappa shape index (κ2) is 17.4. The van der Waals surface area contributed by atoms with Crippen LogP contribution in [0.3, 0.4) is 0 Å². The molecule has 1 aromatic carbocycles. The summed E-state index contributed by atoms with van der Waals surface area (Å²) in [5.74, 6) is -0.208. The van der Waals surface area contributed by atoms with Crippen molar-refractivity contribution in [3.63, 3.8) is 0 Å². The van der Waals surface area contributed by atoms with Gasteiger partial charge in [0.25, 0.3) is 0 Å². The third kappa shape index (κ3) is 14.1. The molecule has 1 aromatic rings. The van der Waals surface area contributed by atoms with E-state index in [4.69, 9.17) is 28.4 Å². The quantitative estimate of drug-likeness (QED) is 0.132. The zero-order valence-corrected chi connectivity index (χ0v) is 23.9. The molecule has 0 aliphatic carbocycles. The van der Waals surface area contributed by atoms with Gasteiger partial charge in [-0.05, 0) is 37.0 Å². The number of carbonyl (C=O) groups is 4. The first kappa shape index (κ1) is 33.8. The monoisotopic (exact) mass is 564 g/mol. The van der Waals surface area contributed by atoms with Crippen LogP contribution in [0.25, 0.3) is 0 Å². The minimum Gasteiger partial charge on any atom is -0.486 e. The van der Waals surface area contributed by atoms with Crippen molar-refractivity contribution in [1.82, 2.24) is 10.6 Å². The summed E-state index contributed by atoms with van der Waals surface area (Å²) in [6.45, 7) is 16.4. The molecule has 0 saturated heterocycles. The summed E-state index contributed by atoms with van der Waals surface area (Å²) in [5, 5.41) is 4.92. The fraction of sp³-hybridized carbons (Fsp3) is 0.500. The van der Waals surface area contributed by atoms with Crippen molar-refractivity contribution in [3.8, 4) is 11.5 Å². The van der Waals surface area contributed by atoms with Gasteiger partial charge in [0.1, 0.15) is 39.6 Å². The average Bonchev–Trinajstić information content (AvgIpc) is 2.88. The van der Waals surface area contributed by atoms with E-state index in [1.165, 1.54) is 13.8 Å². The van der Waals surface area contributed by atoms with Crippen molar-refractivity contribution in [1.29, 1.82) is 0 Å². The van der Waals surface area contributed by atoms with Gasteiger partial charge in [-0.1, -0.05) is 40.0 Å². The fourth-order valence-electron chi connectivity index (χ4n) is 2.72. The first-order chi connectivity index (χ1) is 18.8. The number of amides is 2. The van der Waals surface area contributed by atoms with Crippen LogP contribution in [0.4, 0.5) is 9.59 Å². The van der Waals surface area contributed by atoms with Crippen molar-refractivity contribution in [2.45, 2.75) is 40.0 Å². The maximum absolute atomic E-state index is 11.8. The molecule has 0 aliphatic heterocycles. The first-order valence-corrected chi connectivity index (χ1v) is 12.7. The molecule has 12 nitrogen and oxygen atoms in total. The van der Waals surface area contributed by atoms with E-state index in [9.17, 15) is 19.2 Å². The van der Waals surface area contributed by atoms with Crippen molar-refractivity contribution in [2.75, 3.05) is 52.7 Å². The van der Waals surface area contributed by atoms with Gasteiger partial charge < -0.3 is 39.1 Å². The van der Waals surface area contributed by atoms with E-state index < -0.39 is 24.1 Å². The Labute approximate surface area is 235 Å². The van der Waals surface area contributed by atoms with Gasteiger partial charge in [-0.15, -0.1) is 0 Å². The van der Waals surface area contributed by atoms with Crippen LogP contribution in [0.2, 0.25) is 0 Å². The highest BCUT2D eigenvalue weighted by Crippen LogP contribution is 2.33. The van der Waals surface area contributed by atoms with Gasteiger partial charge in [0.2, 0.25) is 0 Å². The Hall–Kier alpha value is -4.22. The molecular formula is C28H40N2O10. The molecule has 0 unspecified atom stereocenters. The van der Waals surface area contributed by atoms with E-state index in [-0.39, 0.29) is 69.3 Å². The maximum Gasteiger partial charge on any atom is 0.407 e. The van der Waals surface area contributed by atoms with Crippen LogP contribution >= 0.6 is 0 Å². The average molecular weight is 565 g/mol. The Morgan fingerprint density at radius 2 is 1.12 bits per heavy atom. The van der Waals surface area contributed by atoms with Gasteiger partial charge in [-0.3, -0.25) is 0 Å². The number of esters is 2. The molecule has 0 bridgehead atoms. The van der Waals surface area contributed by atoms with E-state index >= 15 is 0 Å². The summed E-state index contributed by atoms with van der Waals surface area (Å²) >= 11 is 0. The van der Waals surface area contributed by atoms with Crippen LogP contribution in [0.1, 0.15) is 40.2 Å². The summed E-state index contributed by atoms with van der Waals surface area (Å²) in [6.07, 6.45) is -1.36. The summed E-state index contributed by atoms with van der Waals surface area (Å²) in [6, 6.07) is 5.50. The van der Waals surface area contributed by atoms with Crippen LogP contribution in [-0.4, -0.2) is 76.9 Å². The van der Waals surface area contributed by atoms with Crippen molar-refractivity contribution >= 4 is 24.1 Å². The molecule has 40 heavy (non-hydrogen) atoms. The number of ether oxygens (including phenoxy) is 6. The Morgan fingerprint density at radius 3 is 1.55 bits per heavy atom. The fourth-order valence-corrected chi connectivity index (χ4v) is 2.72. The highest BCUT2D eigenvalue weighted by molar-refractivity contribution is 5.87. The molecule has 2 amide bonds. The summed E-state index contributed by atoms with van der Waals surface area (Å²) < 4.78 is 31.4. The minimum absolute atomic E-state index is 0.00559. The largest absolute Gasteiger partial charge is 0.486 e. The molecule has 0 spiro atoms. The molecule has 1 rings (SSSR count). The molecule has 0 aromatic heterocycles. The first-order valence-electron chi connectivity index (χ1n) is 12.7. The number of hydrogen-bond acceptors (Lipinski definition) is 10. The minimum atomic E-state index is -0.682. The third-order valence-corrected chi connectivity index (χ3v) is 4.86. The molecule has 0 radical (unpaired) electrons. The van der Waals surface area contributed by atoms with Gasteiger partial charge in [-0.25, -0.2) is 19.2 Å². The van der Waals surface area contributed by atoms with Crippen LogP contribution in [0.5, 0.6) is 11.5 Å². The van der Waals surface area contributed by atoms with Gasteiger partial charge in [0.05, 0.1) is 13.1 Å². The third-order valence-electron chi connectivity index (χ3n) is 4.86. The standard InChI is InChI=1S/C28H40N2O10/c1-19(2)24(31)37-12-10-29-26(33)39-16-14-35-22-9-8-21(28(5,6)7)18-23(22)36-15-17-40-27(34)30-11-13-38-25(32)20(3)4/h8-9,18H,1,3,10-17H2,2,4-7H3,(H,29,33)(H,30,34). The van der Waals surface area contributed by atoms with E-state index in [0.29, 0.717) is 11.5 Å². The molecule has 0 heterocycles. The van der Waals surface area contributed by atoms with Crippen molar-refractivity contribution in [2.24, 2.45) is 0 Å². The molecule has 0 aliphatic rings. The Balaban J connectivity index is 2.47. The van der Waals surface area contributed by atoms with Crippen LogP contribution in [0, 0.1) is 0 Å². The number of hydrogen-bond donors (Lipinski definition) is 2. The Bertz CT molecular complexity index is 1050. The summed E-state index contributed by atoms with van der Waals surface area (Å²) in [5.41, 5.74) is 1.39. The normalized spacial score (nSPS) is 10.5. The van der Waals surface area contributed by atoms with E-state index in [0.717, 1.165) is 5.56 Å². The number of nitrogens with one attached hydrogen (secondary N) is 2. The lowest BCUT2D eigenvalue weighted by Gasteiger charge is -2.21. The lowest BCUT2D eigenvalue weighted by Crippen LogP contribution is -2.30. The molecular weight excluding hydrogens is 524 g/mol. The van der Waals surface area contributed by atoms with Gasteiger partial charge in [0, 0.05) is 11.1 Å². The van der Waals surface area contributed by atoms with Gasteiger partial charge in [0.15, 0.2) is 11.5 Å². The SMILES string of the molecule is C=C(C)C(=O)OCCNC(=O)OCCOc1ccc(C(C)(C)C)cc1OCCOC(=O)NCCOC(=O)C(=C)C. The van der Waals surface area contributed by atoms with Crippen LogP contribution in [-0.2, 0) is 34.0 Å².